The summed E-state index contributed by atoms with van der Waals surface area (Å²) in [6.07, 6.45) is 2.04. The first-order valence-electron chi connectivity index (χ1n) is 9.22. The molecule has 0 aromatic carbocycles. The molecule has 3 aliphatic rings. The van der Waals surface area contributed by atoms with Crippen molar-refractivity contribution in [3.8, 4) is 6.01 Å². The topological polar surface area (TPSA) is 106 Å². The first-order valence-corrected chi connectivity index (χ1v) is 9.22. The van der Waals surface area contributed by atoms with Gasteiger partial charge < -0.3 is 28.7 Å². The highest BCUT2D eigenvalue weighted by Gasteiger charge is 2.58. The van der Waals surface area contributed by atoms with E-state index >= 15 is 0 Å². The second-order valence-electron chi connectivity index (χ2n) is 7.53. The van der Waals surface area contributed by atoms with Gasteiger partial charge >= 0.3 is 6.01 Å². The van der Waals surface area contributed by atoms with E-state index < -0.39 is 12.0 Å². The van der Waals surface area contributed by atoms with Crippen LogP contribution in [0.4, 0.5) is 5.82 Å². The van der Waals surface area contributed by atoms with E-state index in [0.717, 1.165) is 5.76 Å². The van der Waals surface area contributed by atoms with Gasteiger partial charge in [0.25, 0.3) is 0 Å². The van der Waals surface area contributed by atoms with E-state index in [1.54, 1.807) is 6.26 Å². The lowest BCUT2D eigenvalue weighted by Gasteiger charge is -2.22. The number of aromatic nitrogens is 4. The molecule has 10 nitrogen and oxygen atoms in total. The summed E-state index contributed by atoms with van der Waals surface area (Å²) in [7, 11) is 0. The number of ether oxygens (including phenoxy) is 4. The van der Waals surface area contributed by atoms with Gasteiger partial charge in [0.1, 0.15) is 37.0 Å². The van der Waals surface area contributed by atoms with Crippen molar-refractivity contribution in [1.29, 1.82) is 0 Å². The van der Waals surface area contributed by atoms with Crippen LogP contribution in [0.15, 0.2) is 29.1 Å². The van der Waals surface area contributed by atoms with Gasteiger partial charge in [0, 0.05) is 0 Å². The van der Waals surface area contributed by atoms with Crippen LogP contribution in [0, 0.1) is 0 Å². The zero-order valence-corrected chi connectivity index (χ0v) is 15.4. The molecule has 0 radical (unpaired) electrons. The van der Waals surface area contributed by atoms with Gasteiger partial charge in [0.15, 0.2) is 29.0 Å². The molecule has 2 fully saturated rings. The van der Waals surface area contributed by atoms with Crippen LogP contribution in [0.1, 0.15) is 25.8 Å². The van der Waals surface area contributed by atoms with Crippen LogP contribution in [0.3, 0.4) is 0 Å². The van der Waals surface area contributed by atoms with Crippen molar-refractivity contribution in [3.05, 3.63) is 30.5 Å². The molecule has 0 amide bonds. The fourth-order valence-electron chi connectivity index (χ4n) is 4.09. The summed E-state index contributed by atoms with van der Waals surface area (Å²) in [5, 5.41) is 3.24. The number of hydrogen-bond acceptors (Lipinski definition) is 9. The number of imidazole rings is 1. The van der Waals surface area contributed by atoms with Crippen LogP contribution in [-0.4, -0.2) is 50.2 Å². The molecule has 4 atom stereocenters. The van der Waals surface area contributed by atoms with Crippen LogP contribution in [-0.2, 0) is 20.8 Å². The normalized spacial score (nSPS) is 29.9. The Labute approximate surface area is 159 Å². The Morgan fingerprint density at radius 2 is 2.14 bits per heavy atom. The molecule has 6 rings (SSSR count). The monoisotopic (exact) mass is 385 g/mol. The summed E-state index contributed by atoms with van der Waals surface area (Å²) in [5.41, 5.74) is 1.22. The lowest BCUT2D eigenvalue weighted by molar-refractivity contribution is -0.195. The molecule has 3 aromatic heterocycles. The highest BCUT2D eigenvalue weighted by atomic mass is 16.8. The molecule has 0 saturated carbocycles. The van der Waals surface area contributed by atoms with E-state index in [1.165, 1.54) is 6.33 Å². The van der Waals surface area contributed by atoms with Crippen molar-refractivity contribution in [1.82, 2.24) is 19.5 Å². The predicted octanol–water partition coefficient (Wildman–Crippen LogP) is 1.84. The zero-order chi connectivity index (χ0) is 18.9. The minimum absolute atomic E-state index is 0.191. The third kappa shape index (κ3) is 2.35. The molecule has 3 aliphatic heterocycles. The lowest BCUT2D eigenvalue weighted by Crippen LogP contribution is -2.34. The summed E-state index contributed by atoms with van der Waals surface area (Å²) in [4.78, 5) is 13.4. The molecule has 0 aliphatic carbocycles. The maximum Gasteiger partial charge on any atom is 0.301 e. The highest BCUT2D eigenvalue weighted by molar-refractivity contribution is 5.84. The highest BCUT2D eigenvalue weighted by Crippen LogP contribution is 2.47. The quantitative estimate of drug-likeness (QED) is 0.723. The first-order chi connectivity index (χ1) is 13.6. The molecule has 6 heterocycles. The molecule has 3 aromatic rings. The number of hydrogen-bond donors (Lipinski definition) is 1. The molecule has 2 bridgehead atoms. The Balaban J connectivity index is 1.40. The van der Waals surface area contributed by atoms with E-state index in [0.29, 0.717) is 36.1 Å². The number of anilines is 1. The van der Waals surface area contributed by atoms with E-state index in [-0.39, 0.29) is 18.3 Å². The third-order valence-electron chi connectivity index (χ3n) is 5.21. The average Bonchev–Trinajstić information content (AvgIpc) is 3.39. The van der Waals surface area contributed by atoms with Gasteiger partial charge in [-0.15, -0.1) is 0 Å². The van der Waals surface area contributed by atoms with E-state index in [2.05, 4.69) is 20.3 Å². The minimum Gasteiger partial charge on any atom is -0.467 e. The molecule has 2 saturated heterocycles. The minimum atomic E-state index is -0.665. The third-order valence-corrected chi connectivity index (χ3v) is 5.21. The average molecular weight is 385 g/mol. The van der Waals surface area contributed by atoms with Gasteiger partial charge in [-0.2, -0.15) is 4.98 Å². The number of furan rings is 1. The number of rotatable bonds is 3. The summed E-state index contributed by atoms with van der Waals surface area (Å²) in [5.74, 6) is 0.731. The summed E-state index contributed by atoms with van der Waals surface area (Å²) < 4.78 is 31.5. The van der Waals surface area contributed by atoms with Crippen LogP contribution in [0.2, 0.25) is 0 Å². The largest absolute Gasteiger partial charge is 0.467 e. The second kappa shape index (κ2) is 5.66. The molecule has 1 N–H and O–H groups in total. The van der Waals surface area contributed by atoms with E-state index in [1.807, 2.05) is 30.5 Å². The summed E-state index contributed by atoms with van der Waals surface area (Å²) in [6, 6.07) is 4.17. The fourth-order valence-corrected chi connectivity index (χ4v) is 4.09. The summed E-state index contributed by atoms with van der Waals surface area (Å²) in [6.45, 7) is 4.64. The van der Waals surface area contributed by atoms with Crippen LogP contribution in [0.5, 0.6) is 6.01 Å². The smallest absolute Gasteiger partial charge is 0.301 e. The molecule has 0 unspecified atom stereocenters. The fraction of sp³-hybridized carbons (Fsp3) is 0.500. The SMILES string of the molecule is CC1(C)O[C@@H]2[C@H](O1)[C@H]1COc3nc4c(NCc5ccco5)ncnc4n3[C@@H]2O1. The number of fused-ring (bicyclic) bond motifs is 9. The number of nitrogens with zero attached hydrogens (tertiary/aromatic N) is 4. The Bertz CT molecular complexity index is 1030. The van der Waals surface area contributed by atoms with Crippen molar-refractivity contribution < 1.29 is 23.4 Å². The van der Waals surface area contributed by atoms with Crippen LogP contribution in [0.25, 0.3) is 11.2 Å². The Morgan fingerprint density at radius 1 is 1.25 bits per heavy atom. The Kier molecular flexibility index (Phi) is 3.29. The maximum absolute atomic E-state index is 6.19. The van der Waals surface area contributed by atoms with Crippen molar-refractivity contribution in [2.45, 2.75) is 50.7 Å². The second-order valence-corrected chi connectivity index (χ2v) is 7.53. The van der Waals surface area contributed by atoms with Crippen LogP contribution >= 0.6 is 0 Å². The van der Waals surface area contributed by atoms with Crippen LogP contribution < -0.4 is 10.1 Å². The molecule has 28 heavy (non-hydrogen) atoms. The van der Waals surface area contributed by atoms with Crippen molar-refractivity contribution in [2.75, 3.05) is 11.9 Å². The Hall–Kier alpha value is -2.69. The molecule has 146 valence electrons. The van der Waals surface area contributed by atoms with Gasteiger partial charge in [0.2, 0.25) is 0 Å². The lowest BCUT2D eigenvalue weighted by atomic mass is 10.1. The summed E-state index contributed by atoms with van der Waals surface area (Å²) >= 11 is 0. The zero-order valence-electron chi connectivity index (χ0n) is 15.4. The first kappa shape index (κ1) is 16.3. The van der Waals surface area contributed by atoms with E-state index in [4.69, 9.17) is 23.4 Å². The van der Waals surface area contributed by atoms with E-state index in [9.17, 15) is 0 Å². The van der Waals surface area contributed by atoms with Crippen molar-refractivity contribution in [2.24, 2.45) is 0 Å². The van der Waals surface area contributed by atoms with Crippen molar-refractivity contribution in [3.63, 3.8) is 0 Å². The molecular formula is C18H19N5O5. The Morgan fingerprint density at radius 3 is 3.00 bits per heavy atom. The maximum atomic E-state index is 6.19. The molecule has 0 spiro atoms. The number of nitrogens with one attached hydrogen (secondary N) is 1. The predicted molar refractivity (Wildman–Crippen MR) is 94.6 cm³/mol. The van der Waals surface area contributed by atoms with Gasteiger partial charge in [-0.1, -0.05) is 0 Å². The standard InChI is InChI=1S/C18H19N5O5/c1-18(2)27-12-10-7-25-17-22-11-14(19-6-9-4-3-5-24-9)20-8-21-15(11)23(17)16(26-10)13(12)28-18/h3-5,8,10,12-13,16H,6-7H2,1-2H3,(H,19,20,21)/t10-,12-,13-,16-/m1/s1. The molecular weight excluding hydrogens is 366 g/mol. The molecule has 10 heteroatoms. The van der Waals surface area contributed by atoms with Gasteiger partial charge in [-0.05, 0) is 26.0 Å². The van der Waals surface area contributed by atoms with Gasteiger partial charge in [-0.25, -0.2) is 14.5 Å². The van der Waals surface area contributed by atoms with Crippen molar-refractivity contribution >= 4 is 17.0 Å². The van der Waals surface area contributed by atoms with Gasteiger partial charge in [-0.3, -0.25) is 0 Å². The van der Waals surface area contributed by atoms with Gasteiger partial charge in [0.05, 0.1) is 12.8 Å².